The lowest BCUT2D eigenvalue weighted by Crippen LogP contribution is -1.99. The van der Waals surface area contributed by atoms with Gasteiger partial charge in [0.15, 0.2) is 5.65 Å². The molecule has 1 N–H and O–H groups in total. The zero-order valence-corrected chi connectivity index (χ0v) is 11.6. The third-order valence-electron chi connectivity index (χ3n) is 2.47. The van der Waals surface area contributed by atoms with Gasteiger partial charge in [0, 0.05) is 6.20 Å². The van der Waals surface area contributed by atoms with Gasteiger partial charge in [-0.2, -0.15) is 10.2 Å². The Morgan fingerprint density at radius 1 is 1.60 bits per heavy atom. The van der Waals surface area contributed by atoms with Crippen molar-refractivity contribution >= 4 is 40.9 Å². The molecule has 8 heteroatoms. The van der Waals surface area contributed by atoms with Gasteiger partial charge in [0.05, 0.1) is 17.2 Å². The number of halogens is 2. The molecule has 0 aliphatic carbocycles. The molecule has 0 bridgehead atoms. The van der Waals surface area contributed by atoms with Crippen molar-refractivity contribution in [3.63, 3.8) is 0 Å². The number of nitrogens with zero attached hydrogens (tertiary/aromatic N) is 3. The summed E-state index contributed by atoms with van der Waals surface area (Å²) < 4.78 is 6.53. The monoisotopic (exact) mass is 311 g/mol. The first kappa shape index (κ1) is 14.2. The summed E-state index contributed by atoms with van der Waals surface area (Å²) >= 11 is 11.9. The number of methoxy groups -OCH3 is 1. The van der Waals surface area contributed by atoms with E-state index in [1.807, 2.05) is 0 Å². The number of carboxylic acid groups (broad SMARTS) is 1. The Kier molecular flexibility index (Phi) is 3.84. The van der Waals surface area contributed by atoms with E-state index in [1.54, 1.807) is 6.07 Å². The minimum absolute atomic E-state index is 0.142. The Bertz CT molecular complexity index is 774. The fourth-order valence-corrected chi connectivity index (χ4v) is 2.14. The van der Waals surface area contributed by atoms with Crippen LogP contribution in [0.5, 0.6) is 5.88 Å². The molecule has 0 aromatic carbocycles. The molecule has 0 amide bonds. The number of fused-ring (bicyclic) bond motifs is 1. The number of aromatic nitrogens is 2. The lowest BCUT2D eigenvalue weighted by atomic mass is 10.2. The van der Waals surface area contributed by atoms with Gasteiger partial charge in [0.1, 0.15) is 17.3 Å². The third-order valence-corrected chi connectivity index (χ3v) is 2.96. The van der Waals surface area contributed by atoms with Gasteiger partial charge in [0.25, 0.3) is 0 Å². The Balaban J connectivity index is 2.81. The van der Waals surface area contributed by atoms with E-state index in [0.29, 0.717) is 10.7 Å². The molecule has 6 nitrogen and oxygen atoms in total. The molecule has 0 spiro atoms. The molecule has 0 fully saturated rings. The predicted octanol–water partition coefficient (Wildman–Crippen LogP) is 2.64. The van der Waals surface area contributed by atoms with Crippen molar-refractivity contribution in [2.75, 3.05) is 7.11 Å². The van der Waals surface area contributed by atoms with Crippen molar-refractivity contribution in [1.29, 1.82) is 5.26 Å². The number of hydrogen-bond donors (Lipinski definition) is 1. The second-order valence-electron chi connectivity index (χ2n) is 3.68. The summed E-state index contributed by atoms with van der Waals surface area (Å²) in [7, 11) is 1.38. The summed E-state index contributed by atoms with van der Waals surface area (Å²) in [5.74, 6) is -1.21. The summed E-state index contributed by atoms with van der Waals surface area (Å²) in [6.45, 7) is 0. The van der Waals surface area contributed by atoms with E-state index in [1.165, 1.54) is 23.8 Å². The Morgan fingerprint density at radius 2 is 2.30 bits per heavy atom. The molecule has 2 aromatic rings. The van der Waals surface area contributed by atoms with Crippen molar-refractivity contribution < 1.29 is 14.6 Å². The Morgan fingerprint density at radius 3 is 2.85 bits per heavy atom. The first-order chi connectivity index (χ1) is 9.47. The van der Waals surface area contributed by atoms with Crippen LogP contribution >= 0.6 is 23.2 Å². The number of nitriles is 1. The number of hydrogen-bond acceptors (Lipinski definition) is 4. The van der Waals surface area contributed by atoms with E-state index < -0.39 is 11.5 Å². The summed E-state index contributed by atoms with van der Waals surface area (Å²) in [5, 5.41) is 18.3. The second kappa shape index (κ2) is 5.41. The van der Waals surface area contributed by atoms with Gasteiger partial charge in [0.2, 0.25) is 5.88 Å². The smallest absolute Gasteiger partial charge is 0.346 e. The van der Waals surface area contributed by atoms with Gasteiger partial charge in [-0.15, -0.1) is 0 Å². The number of imidazole rings is 1. The average Bonchev–Trinajstić information content (AvgIpc) is 2.73. The molecule has 0 saturated heterocycles. The van der Waals surface area contributed by atoms with Gasteiger partial charge < -0.3 is 9.84 Å². The van der Waals surface area contributed by atoms with Crippen LogP contribution in [0.15, 0.2) is 17.8 Å². The highest BCUT2D eigenvalue weighted by Crippen LogP contribution is 2.29. The van der Waals surface area contributed by atoms with E-state index in [2.05, 4.69) is 4.98 Å². The molecule has 2 heterocycles. The molecular weight excluding hydrogens is 305 g/mol. The fraction of sp³-hybridized carbons (Fsp3) is 0.0833. The molecular formula is C12H7Cl2N3O3. The molecule has 0 saturated carbocycles. The van der Waals surface area contributed by atoms with Crippen LogP contribution in [-0.4, -0.2) is 27.6 Å². The standard InChI is InChI=1S/C12H7Cl2N3O3/c1-20-11-9(2-6(4-15)12(18)19)17-5-7(13)3-8(14)10(17)16-11/h2-3,5H,1H3,(H,18,19)/b6-2+. The number of ether oxygens (including phenoxy) is 1. The molecule has 0 radical (unpaired) electrons. The quantitative estimate of drug-likeness (QED) is 0.695. The first-order valence-electron chi connectivity index (χ1n) is 5.24. The van der Waals surface area contributed by atoms with E-state index in [-0.39, 0.29) is 16.6 Å². The van der Waals surface area contributed by atoms with Crippen molar-refractivity contribution in [2.24, 2.45) is 0 Å². The number of aliphatic carboxylic acids is 1. The number of rotatable bonds is 3. The second-order valence-corrected chi connectivity index (χ2v) is 4.52. The van der Waals surface area contributed by atoms with E-state index in [4.69, 9.17) is 38.3 Å². The molecule has 0 unspecified atom stereocenters. The minimum atomic E-state index is -1.35. The zero-order valence-electron chi connectivity index (χ0n) is 10.1. The normalized spacial score (nSPS) is 11.4. The molecule has 0 atom stereocenters. The zero-order chi connectivity index (χ0) is 14.9. The van der Waals surface area contributed by atoms with Crippen LogP contribution in [0, 0.1) is 11.3 Å². The van der Waals surface area contributed by atoms with Crippen LogP contribution in [-0.2, 0) is 4.79 Å². The van der Waals surface area contributed by atoms with Gasteiger partial charge in [-0.25, -0.2) is 4.79 Å². The van der Waals surface area contributed by atoms with Crippen LogP contribution in [0.1, 0.15) is 5.69 Å². The number of pyridine rings is 1. The number of carboxylic acids is 1. The highest BCUT2D eigenvalue weighted by Gasteiger charge is 2.16. The Labute approximate surface area is 123 Å². The molecule has 20 heavy (non-hydrogen) atoms. The number of carbonyl (C=O) groups is 1. The molecule has 0 aliphatic rings. The van der Waals surface area contributed by atoms with Crippen molar-refractivity contribution in [3.8, 4) is 11.9 Å². The lowest BCUT2D eigenvalue weighted by Gasteiger charge is -2.01. The van der Waals surface area contributed by atoms with Gasteiger partial charge in [-0.05, 0) is 12.1 Å². The largest absolute Gasteiger partial charge is 0.479 e. The SMILES string of the molecule is COc1nc2c(Cl)cc(Cl)cn2c1/C=C(\C#N)C(=O)O. The van der Waals surface area contributed by atoms with Crippen LogP contribution in [0.4, 0.5) is 0 Å². The fourth-order valence-electron chi connectivity index (χ4n) is 1.63. The van der Waals surface area contributed by atoms with Gasteiger partial charge in [-0.3, -0.25) is 4.40 Å². The lowest BCUT2D eigenvalue weighted by molar-refractivity contribution is -0.132. The first-order valence-corrected chi connectivity index (χ1v) is 5.99. The van der Waals surface area contributed by atoms with Crippen LogP contribution in [0.2, 0.25) is 10.0 Å². The highest BCUT2D eigenvalue weighted by molar-refractivity contribution is 6.36. The summed E-state index contributed by atoms with van der Waals surface area (Å²) in [6.07, 6.45) is 2.65. The molecule has 0 aliphatic heterocycles. The predicted molar refractivity (Wildman–Crippen MR) is 73.0 cm³/mol. The highest BCUT2D eigenvalue weighted by atomic mass is 35.5. The van der Waals surface area contributed by atoms with Crippen molar-refractivity contribution in [3.05, 3.63) is 33.6 Å². The van der Waals surface area contributed by atoms with Crippen LogP contribution in [0.3, 0.4) is 0 Å². The van der Waals surface area contributed by atoms with Crippen LogP contribution in [0.25, 0.3) is 11.7 Å². The van der Waals surface area contributed by atoms with E-state index in [9.17, 15) is 4.79 Å². The van der Waals surface area contributed by atoms with Crippen molar-refractivity contribution in [1.82, 2.24) is 9.38 Å². The topological polar surface area (TPSA) is 87.6 Å². The van der Waals surface area contributed by atoms with Crippen molar-refractivity contribution in [2.45, 2.75) is 0 Å². The average molecular weight is 312 g/mol. The molecule has 102 valence electrons. The minimum Gasteiger partial charge on any atom is -0.479 e. The molecule has 2 aromatic heterocycles. The Hall–Kier alpha value is -2.23. The van der Waals surface area contributed by atoms with Gasteiger partial charge in [-0.1, -0.05) is 23.2 Å². The summed E-state index contributed by atoms with van der Waals surface area (Å²) in [4.78, 5) is 15.0. The summed E-state index contributed by atoms with van der Waals surface area (Å²) in [6, 6.07) is 3.08. The maximum Gasteiger partial charge on any atom is 0.346 e. The third kappa shape index (κ3) is 2.41. The van der Waals surface area contributed by atoms with Crippen LogP contribution < -0.4 is 4.74 Å². The van der Waals surface area contributed by atoms with E-state index in [0.717, 1.165) is 6.08 Å². The molecule has 2 rings (SSSR count). The summed E-state index contributed by atoms with van der Waals surface area (Å²) in [5.41, 5.74) is 0.161. The maximum absolute atomic E-state index is 10.9. The van der Waals surface area contributed by atoms with E-state index >= 15 is 0 Å². The van der Waals surface area contributed by atoms with Gasteiger partial charge >= 0.3 is 5.97 Å². The maximum atomic E-state index is 10.9.